The summed E-state index contributed by atoms with van der Waals surface area (Å²) in [5.41, 5.74) is 0. The molecule has 1 aliphatic rings. The topological polar surface area (TPSA) is 77.8 Å². The molecule has 2 aromatic rings. The summed E-state index contributed by atoms with van der Waals surface area (Å²) in [6, 6.07) is 1.79. The SMILES string of the molecule is COCc1nc2n(n1)CCCC2Nc1cc(Cl)nc(C)n1. The van der Waals surface area contributed by atoms with Crippen LogP contribution in [0.2, 0.25) is 5.15 Å². The monoisotopic (exact) mass is 308 g/mol. The van der Waals surface area contributed by atoms with Gasteiger partial charge >= 0.3 is 0 Å². The molecule has 0 saturated carbocycles. The van der Waals surface area contributed by atoms with Crippen molar-refractivity contribution in [3.05, 3.63) is 28.7 Å². The Hall–Kier alpha value is -1.73. The van der Waals surface area contributed by atoms with Gasteiger partial charge in [0.25, 0.3) is 0 Å². The molecule has 0 fully saturated rings. The van der Waals surface area contributed by atoms with Gasteiger partial charge < -0.3 is 10.1 Å². The van der Waals surface area contributed by atoms with Gasteiger partial charge in [-0.1, -0.05) is 11.6 Å². The Balaban J connectivity index is 1.84. The van der Waals surface area contributed by atoms with E-state index < -0.39 is 0 Å². The summed E-state index contributed by atoms with van der Waals surface area (Å²) in [7, 11) is 1.64. The van der Waals surface area contributed by atoms with Crippen LogP contribution < -0.4 is 5.32 Å². The second-order valence-electron chi connectivity index (χ2n) is 5.00. The molecule has 112 valence electrons. The number of aryl methyl sites for hydroxylation is 2. The van der Waals surface area contributed by atoms with Crippen molar-refractivity contribution in [3.63, 3.8) is 0 Å². The van der Waals surface area contributed by atoms with Crippen LogP contribution in [-0.2, 0) is 17.9 Å². The molecule has 0 saturated heterocycles. The number of fused-ring (bicyclic) bond motifs is 1. The summed E-state index contributed by atoms with van der Waals surface area (Å²) in [6.07, 6.45) is 2.02. The molecule has 3 heterocycles. The third kappa shape index (κ3) is 3.14. The van der Waals surface area contributed by atoms with Crippen molar-refractivity contribution in [2.75, 3.05) is 12.4 Å². The zero-order valence-electron chi connectivity index (χ0n) is 12.0. The first kappa shape index (κ1) is 14.2. The Kier molecular flexibility index (Phi) is 4.03. The van der Waals surface area contributed by atoms with Gasteiger partial charge in [-0.2, -0.15) is 5.10 Å². The Morgan fingerprint density at radius 1 is 1.43 bits per heavy atom. The molecule has 1 atom stereocenters. The van der Waals surface area contributed by atoms with Gasteiger partial charge in [0.2, 0.25) is 0 Å². The first-order valence-corrected chi connectivity index (χ1v) is 7.24. The van der Waals surface area contributed by atoms with Gasteiger partial charge in [-0.3, -0.25) is 0 Å². The van der Waals surface area contributed by atoms with Crippen molar-refractivity contribution in [2.45, 2.75) is 39.0 Å². The largest absolute Gasteiger partial charge is 0.377 e. The maximum absolute atomic E-state index is 5.97. The minimum Gasteiger partial charge on any atom is -0.377 e. The van der Waals surface area contributed by atoms with E-state index in [4.69, 9.17) is 16.3 Å². The van der Waals surface area contributed by atoms with Crippen LogP contribution in [0.15, 0.2) is 6.07 Å². The van der Waals surface area contributed by atoms with E-state index in [2.05, 4.69) is 25.4 Å². The lowest BCUT2D eigenvalue weighted by molar-refractivity contribution is 0.177. The highest BCUT2D eigenvalue weighted by Gasteiger charge is 2.24. The predicted molar refractivity (Wildman–Crippen MR) is 78.1 cm³/mol. The van der Waals surface area contributed by atoms with E-state index in [1.165, 1.54) is 0 Å². The molecule has 2 aromatic heterocycles. The molecule has 0 amide bonds. The van der Waals surface area contributed by atoms with E-state index in [1.807, 2.05) is 11.6 Å². The number of hydrogen-bond acceptors (Lipinski definition) is 6. The second-order valence-corrected chi connectivity index (χ2v) is 5.39. The van der Waals surface area contributed by atoms with Gasteiger partial charge in [0, 0.05) is 19.7 Å². The quantitative estimate of drug-likeness (QED) is 0.872. The third-order valence-electron chi connectivity index (χ3n) is 3.32. The summed E-state index contributed by atoms with van der Waals surface area (Å²) in [5, 5.41) is 8.26. The van der Waals surface area contributed by atoms with Crippen molar-refractivity contribution in [3.8, 4) is 0 Å². The van der Waals surface area contributed by atoms with Gasteiger partial charge in [-0.05, 0) is 19.8 Å². The number of rotatable bonds is 4. The Morgan fingerprint density at radius 3 is 3.05 bits per heavy atom. The van der Waals surface area contributed by atoms with E-state index in [0.29, 0.717) is 29.2 Å². The molecule has 7 nitrogen and oxygen atoms in total. The fourth-order valence-corrected chi connectivity index (χ4v) is 2.74. The molecule has 0 aliphatic carbocycles. The Morgan fingerprint density at radius 2 is 2.29 bits per heavy atom. The maximum Gasteiger partial charge on any atom is 0.176 e. The molecular formula is C13H17ClN6O. The normalized spacial score (nSPS) is 17.6. The fraction of sp³-hybridized carbons (Fsp3) is 0.538. The molecule has 0 bridgehead atoms. The molecule has 1 unspecified atom stereocenters. The first-order chi connectivity index (χ1) is 10.2. The average Bonchev–Trinajstić information content (AvgIpc) is 2.81. The summed E-state index contributed by atoms with van der Waals surface area (Å²) in [4.78, 5) is 13.0. The second kappa shape index (κ2) is 5.95. The smallest absolute Gasteiger partial charge is 0.176 e. The molecule has 8 heteroatoms. The first-order valence-electron chi connectivity index (χ1n) is 6.86. The van der Waals surface area contributed by atoms with Crippen LogP contribution in [0.25, 0.3) is 0 Å². The van der Waals surface area contributed by atoms with Crippen LogP contribution in [0.5, 0.6) is 0 Å². The van der Waals surface area contributed by atoms with Crippen molar-refractivity contribution >= 4 is 17.4 Å². The zero-order chi connectivity index (χ0) is 14.8. The lowest BCUT2D eigenvalue weighted by Crippen LogP contribution is -2.23. The Bertz CT molecular complexity index is 623. The number of nitrogens with zero attached hydrogens (tertiary/aromatic N) is 5. The number of hydrogen-bond donors (Lipinski definition) is 1. The average molecular weight is 309 g/mol. The van der Waals surface area contributed by atoms with Crippen LogP contribution >= 0.6 is 11.6 Å². The molecule has 1 N–H and O–H groups in total. The van der Waals surface area contributed by atoms with Crippen molar-refractivity contribution in [1.29, 1.82) is 0 Å². The predicted octanol–water partition coefficient (Wildman–Crippen LogP) is 2.12. The summed E-state index contributed by atoms with van der Waals surface area (Å²) in [5.74, 6) is 2.98. The highest BCUT2D eigenvalue weighted by atomic mass is 35.5. The molecule has 1 aliphatic heterocycles. The Labute approximate surface area is 127 Å². The minimum absolute atomic E-state index is 0.0715. The third-order valence-corrected chi connectivity index (χ3v) is 3.51. The highest BCUT2D eigenvalue weighted by molar-refractivity contribution is 6.29. The van der Waals surface area contributed by atoms with Crippen molar-refractivity contribution < 1.29 is 4.74 Å². The zero-order valence-corrected chi connectivity index (χ0v) is 12.8. The number of nitrogens with one attached hydrogen (secondary N) is 1. The maximum atomic E-state index is 5.97. The molecule has 21 heavy (non-hydrogen) atoms. The van der Waals surface area contributed by atoms with Gasteiger partial charge in [0.05, 0.1) is 6.04 Å². The van der Waals surface area contributed by atoms with Crippen LogP contribution in [-0.4, -0.2) is 31.8 Å². The van der Waals surface area contributed by atoms with Crippen molar-refractivity contribution in [1.82, 2.24) is 24.7 Å². The minimum atomic E-state index is 0.0715. The van der Waals surface area contributed by atoms with Gasteiger partial charge in [0.15, 0.2) is 5.82 Å². The van der Waals surface area contributed by atoms with Crippen LogP contribution in [0.1, 0.15) is 36.4 Å². The molecule has 0 spiro atoms. The van der Waals surface area contributed by atoms with E-state index >= 15 is 0 Å². The van der Waals surface area contributed by atoms with E-state index in [0.717, 1.165) is 25.2 Å². The van der Waals surface area contributed by atoms with Gasteiger partial charge in [-0.15, -0.1) is 0 Å². The lowest BCUT2D eigenvalue weighted by Gasteiger charge is -2.23. The number of anilines is 1. The highest BCUT2D eigenvalue weighted by Crippen LogP contribution is 2.27. The molecular weight excluding hydrogens is 292 g/mol. The van der Waals surface area contributed by atoms with E-state index in [9.17, 15) is 0 Å². The molecule has 0 radical (unpaired) electrons. The van der Waals surface area contributed by atoms with E-state index in [-0.39, 0.29) is 6.04 Å². The van der Waals surface area contributed by atoms with Crippen LogP contribution in [0.4, 0.5) is 5.82 Å². The van der Waals surface area contributed by atoms with Gasteiger partial charge in [-0.25, -0.2) is 19.6 Å². The van der Waals surface area contributed by atoms with Crippen LogP contribution in [0, 0.1) is 6.92 Å². The molecule has 0 aromatic carbocycles. The summed E-state index contributed by atoms with van der Waals surface area (Å²) < 4.78 is 7.03. The summed E-state index contributed by atoms with van der Waals surface area (Å²) in [6.45, 7) is 3.12. The standard InChI is InChI=1S/C13H17ClN6O/c1-8-15-10(14)6-11(16-8)17-9-4-3-5-20-13(9)18-12(19-20)7-21-2/h6,9H,3-5,7H2,1-2H3,(H,15,16,17). The van der Waals surface area contributed by atoms with Gasteiger partial charge in [0.1, 0.15) is 29.2 Å². The number of halogens is 1. The number of ether oxygens (including phenoxy) is 1. The van der Waals surface area contributed by atoms with Crippen LogP contribution in [0.3, 0.4) is 0 Å². The number of aromatic nitrogens is 5. The summed E-state index contributed by atoms with van der Waals surface area (Å²) >= 11 is 5.97. The number of methoxy groups -OCH3 is 1. The van der Waals surface area contributed by atoms with E-state index in [1.54, 1.807) is 13.2 Å². The lowest BCUT2D eigenvalue weighted by atomic mass is 10.1. The van der Waals surface area contributed by atoms with Crippen molar-refractivity contribution in [2.24, 2.45) is 0 Å². The fourth-order valence-electron chi connectivity index (χ4n) is 2.51. The molecule has 3 rings (SSSR count).